The van der Waals surface area contributed by atoms with Crippen LogP contribution in [0.15, 0.2) is 6.07 Å². The van der Waals surface area contributed by atoms with Crippen molar-refractivity contribution in [3.05, 3.63) is 11.8 Å². The van der Waals surface area contributed by atoms with E-state index in [0.717, 1.165) is 32.1 Å². The van der Waals surface area contributed by atoms with Crippen LogP contribution in [0.1, 0.15) is 57.4 Å². The predicted molar refractivity (Wildman–Crippen MR) is 95.0 cm³/mol. The van der Waals surface area contributed by atoms with E-state index in [0.29, 0.717) is 17.9 Å². The Hall–Kier alpha value is -2.42. The topological polar surface area (TPSA) is 117 Å². The highest BCUT2D eigenvalue weighted by atomic mass is 16.2. The molecule has 1 aromatic heterocycles. The van der Waals surface area contributed by atoms with Crippen LogP contribution in [0.3, 0.4) is 0 Å². The Balaban J connectivity index is 1.69. The van der Waals surface area contributed by atoms with E-state index in [9.17, 15) is 14.4 Å². The van der Waals surface area contributed by atoms with Gasteiger partial charge in [-0.15, -0.1) is 0 Å². The molecule has 3 rings (SSSR count). The van der Waals surface area contributed by atoms with Crippen molar-refractivity contribution in [3.8, 4) is 0 Å². The van der Waals surface area contributed by atoms with Crippen molar-refractivity contribution in [1.82, 2.24) is 25.7 Å². The van der Waals surface area contributed by atoms with E-state index in [2.05, 4.69) is 26.4 Å². The molecule has 0 bridgehead atoms. The minimum absolute atomic E-state index is 0.0347. The van der Waals surface area contributed by atoms with Gasteiger partial charge in [0.2, 0.25) is 5.91 Å². The molecule has 0 aromatic carbocycles. The summed E-state index contributed by atoms with van der Waals surface area (Å²) in [5.41, 5.74) is 0.672. The van der Waals surface area contributed by atoms with Crippen LogP contribution in [-0.2, 0) is 14.4 Å². The Kier molecular flexibility index (Phi) is 5.55. The maximum Gasteiger partial charge on any atom is 0.314 e. The zero-order chi connectivity index (χ0) is 18.7. The summed E-state index contributed by atoms with van der Waals surface area (Å²) in [7, 11) is 0. The summed E-state index contributed by atoms with van der Waals surface area (Å²) in [5, 5.41) is 15.8. The molecule has 1 aliphatic carbocycles. The molecule has 0 radical (unpaired) electrons. The van der Waals surface area contributed by atoms with E-state index < -0.39 is 18.1 Å². The minimum Gasteiger partial charge on any atom is -0.345 e. The van der Waals surface area contributed by atoms with Crippen molar-refractivity contribution in [3.63, 3.8) is 0 Å². The third-order valence-corrected chi connectivity index (χ3v) is 4.86. The third kappa shape index (κ3) is 4.21. The molecular formula is C17H26N6O3. The molecule has 2 fully saturated rings. The molecule has 9 nitrogen and oxygen atoms in total. The minimum atomic E-state index is -0.729. The zero-order valence-electron chi connectivity index (χ0n) is 15.2. The number of anilines is 1. The van der Waals surface area contributed by atoms with Crippen molar-refractivity contribution in [1.29, 1.82) is 0 Å². The molecule has 2 atom stereocenters. The second-order valence-electron chi connectivity index (χ2n) is 6.97. The maximum atomic E-state index is 12.3. The van der Waals surface area contributed by atoms with Crippen molar-refractivity contribution in [2.24, 2.45) is 0 Å². The molecule has 9 heteroatoms. The standard InChI is InChI=1S/C17H26N6O3/c1-3-11-9-14(24)21-17(19-11)23-13(8-10(2)22-23)20-16(26)15(25)18-12-6-4-5-7-12/h8,11-12,17,19H,3-7,9H2,1-2H3,(H,18,25)(H,20,26)(H,21,24). The first-order valence-corrected chi connectivity index (χ1v) is 9.19. The first kappa shape index (κ1) is 18.4. The highest BCUT2D eigenvalue weighted by Crippen LogP contribution is 2.19. The van der Waals surface area contributed by atoms with Gasteiger partial charge in [-0.3, -0.25) is 19.7 Å². The molecule has 4 N–H and O–H groups in total. The number of hydrogen-bond donors (Lipinski definition) is 4. The summed E-state index contributed by atoms with van der Waals surface area (Å²) < 4.78 is 1.50. The maximum absolute atomic E-state index is 12.3. The molecule has 142 valence electrons. The average molecular weight is 362 g/mol. The number of nitrogens with zero attached hydrogens (tertiary/aromatic N) is 2. The number of aromatic nitrogens is 2. The highest BCUT2D eigenvalue weighted by Gasteiger charge is 2.29. The molecule has 1 saturated carbocycles. The van der Waals surface area contributed by atoms with Gasteiger partial charge in [-0.2, -0.15) is 5.10 Å². The van der Waals surface area contributed by atoms with Gasteiger partial charge >= 0.3 is 11.8 Å². The van der Waals surface area contributed by atoms with Crippen LogP contribution in [0.5, 0.6) is 0 Å². The summed E-state index contributed by atoms with van der Waals surface area (Å²) in [6.45, 7) is 3.78. The number of hydrogen-bond acceptors (Lipinski definition) is 5. The monoisotopic (exact) mass is 362 g/mol. The molecule has 3 amide bonds. The van der Waals surface area contributed by atoms with Gasteiger partial charge in [-0.1, -0.05) is 19.8 Å². The lowest BCUT2D eigenvalue weighted by atomic mass is 10.1. The van der Waals surface area contributed by atoms with Crippen molar-refractivity contribution in [2.75, 3.05) is 5.32 Å². The van der Waals surface area contributed by atoms with Crippen LogP contribution in [0, 0.1) is 6.92 Å². The summed E-state index contributed by atoms with van der Waals surface area (Å²) in [6.07, 6.45) is 4.60. The summed E-state index contributed by atoms with van der Waals surface area (Å²) >= 11 is 0. The van der Waals surface area contributed by atoms with Gasteiger partial charge in [-0.25, -0.2) is 4.68 Å². The number of amides is 3. The smallest absolute Gasteiger partial charge is 0.314 e. The fraction of sp³-hybridized carbons (Fsp3) is 0.647. The Labute approximate surface area is 152 Å². The second-order valence-corrected chi connectivity index (χ2v) is 6.97. The number of rotatable bonds is 4. The second kappa shape index (κ2) is 7.86. The molecule has 26 heavy (non-hydrogen) atoms. The Morgan fingerprint density at radius 2 is 2.04 bits per heavy atom. The van der Waals surface area contributed by atoms with Gasteiger partial charge in [0.1, 0.15) is 5.82 Å². The average Bonchev–Trinajstić information content (AvgIpc) is 3.23. The van der Waals surface area contributed by atoms with E-state index in [1.54, 1.807) is 13.0 Å². The summed E-state index contributed by atoms with van der Waals surface area (Å²) in [6, 6.07) is 1.78. The van der Waals surface area contributed by atoms with Crippen LogP contribution in [0.2, 0.25) is 0 Å². The van der Waals surface area contributed by atoms with E-state index in [1.807, 2.05) is 6.92 Å². The van der Waals surface area contributed by atoms with Crippen molar-refractivity contribution in [2.45, 2.75) is 70.7 Å². The van der Waals surface area contributed by atoms with Crippen LogP contribution in [0.25, 0.3) is 0 Å². The van der Waals surface area contributed by atoms with Gasteiger partial charge < -0.3 is 16.0 Å². The molecule has 0 spiro atoms. The SMILES string of the molecule is CCC1CC(=O)NC(n2nc(C)cc2NC(=O)C(=O)NC2CCCC2)N1. The summed E-state index contributed by atoms with van der Waals surface area (Å²) in [5.74, 6) is -1.09. The molecule has 1 aromatic rings. The van der Waals surface area contributed by atoms with E-state index >= 15 is 0 Å². The van der Waals surface area contributed by atoms with E-state index in [4.69, 9.17) is 0 Å². The molecule has 1 saturated heterocycles. The number of aryl methyl sites for hydroxylation is 1. The lowest BCUT2D eigenvalue weighted by molar-refractivity contribution is -0.136. The number of carbonyl (C=O) groups excluding carboxylic acids is 3. The fourth-order valence-electron chi connectivity index (χ4n) is 3.45. The Bertz CT molecular complexity index is 695. The first-order valence-electron chi connectivity index (χ1n) is 9.19. The zero-order valence-corrected chi connectivity index (χ0v) is 15.2. The van der Waals surface area contributed by atoms with Gasteiger partial charge in [0, 0.05) is 24.6 Å². The third-order valence-electron chi connectivity index (χ3n) is 4.86. The molecule has 2 aliphatic rings. The molecule has 1 aliphatic heterocycles. The number of nitrogens with one attached hydrogen (secondary N) is 4. The van der Waals surface area contributed by atoms with Crippen LogP contribution < -0.4 is 21.3 Å². The quantitative estimate of drug-likeness (QED) is 0.583. The Morgan fingerprint density at radius 1 is 1.31 bits per heavy atom. The largest absolute Gasteiger partial charge is 0.345 e. The predicted octanol–water partition coefficient (Wildman–Crippen LogP) is 0.533. The van der Waals surface area contributed by atoms with E-state index in [-0.39, 0.29) is 18.0 Å². The molecular weight excluding hydrogens is 336 g/mol. The fourth-order valence-corrected chi connectivity index (χ4v) is 3.45. The van der Waals surface area contributed by atoms with Gasteiger partial charge in [0.25, 0.3) is 0 Å². The first-order chi connectivity index (χ1) is 12.5. The van der Waals surface area contributed by atoms with Crippen LogP contribution >= 0.6 is 0 Å². The Morgan fingerprint density at radius 3 is 2.73 bits per heavy atom. The molecule has 2 heterocycles. The van der Waals surface area contributed by atoms with Crippen LogP contribution in [-0.4, -0.2) is 39.6 Å². The van der Waals surface area contributed by atoms with E-state index in [1.165, 1.54) is 4.68 Å². The normalized spacial score (nSPS) is 23.5. The lowest BCUT2D eigenvalue weighted by Gasteiger charge is -2.31. The van der Waals surface area contributed by atoms with Gasteiger partial charge in [-0.05, 0) is 26.2 Å². The van der Waals surface area contributed by atoms with Crippen molar-refractivity contribution >= 4 is 23.5 Å². The number of carbonyl (C=O) groups is 3. The lowest BCUT2D eigenvalue weighted by Crippen LogP contribution is -2.53. The molecule has 2 unspecified atom stereocenters. The van der Waals surface area contributed by atoms with Crippen LogP contribution in [0.4, 0.5) is 5.82 Å². The van der Waals surface area contributed by atoms with Gasteiger partial charge in [0.15, 0.2) is 6.29 Å². The van der Waals surface area contributed by atoms with Gasteiger partial charge in [0.05, 0.1) is 5.69 Å². The highest BCUT2D eigenvalue weighted by molar-refractivity contribution is 6.39. The van der Waals surface area contributed by atoms with Crippen molar-refractivity contribution < 1.29 is 14.4 Å². The summed E-state index contributed by atoms with van der Waals surface area (Å²) in [4.78, 5) is 36.3.